The molecule has 0 aliphatic carbocycles. The Balaban J connectivity index is 1.88. The Kier molecular flexibility index (Phi) is 5.17. The molecule has 106 valence electrons. The Labute approximate surface area is 119 Å². The SMILES string of the molecule is CCc1c(NC)ncnc1NCCOc1ccccc1. The molecule has 0 radical (unpaired) electrons. The molecule has 0 aliphatic heterocycles. The number of hydrogen-bond acceptors (Lipinski definition) is 5. The molecule has 0 saturated carbocycles. The molecule has 0 amide bonds. The Morgan fingerprint density at radius 3 is 2.55 bits per heavy atom. The van der Waals surface area contributed by atoms with Crippen LogP contribution in [-0.2, 0) is 6.42 Å². The number of nitrogens with one attached hydrogen (secondary N) is 2. The molecule has 0 bridgehead atoms. The van der Waals surface area contributed by atoms with E-state index in [-0.39, 0.29) is 0 Å². The molecule has 1 aromatic heterocycles. The highest BCUT2D eigenvalue weighted by Gasteiger charge is 2.07. The summed E-state index contributed by atoms with van der Waals surface area (Å²) in [6.45, 7) is 3.37. The average Bonchev–Trinajstić information content (AvgIpc) is 2.52. The average molecular weight is 272 g/mol. The normalized spacial score (nSPS) is 10.1. The van der Waals surface area contributed by atoms with Crippen LogP contribution >= 0.6 is 0 Å². The van der Waals surface area contributed by atoms with Gasteiger partial charge < -0.3 is 15.4 Å². The predicted molar refractivity (Wildman–Crippen MR) is 81.4 cm³/mol. The van der Waals surface area contributed by atoms with Gasteiger partial charge in [0.15, 0.2) is 0 Å². The van der Waals surface area contributed by atoms with Gasteiger partial charge in [0.1, 0.15) is 30.3 Å². The zero-order chi connectivity index (χ0) is 14.2. The van der Waals surface area contributed by atoms with Gasteiger partial charge in [-0.25, -0.2) is 9.97 Å². The fourth-order valence-corrected chi connectivity index (χ4v) is 1.97. The lowest BCUT2D eigenvalue weighted by Gasteiger charge is -2.13. The predicted octanol–water partition coefficient (Wildman–Crippen LogP) is 2.57. The molecule has 0 unspecified atom stereocenters. The molecular formula is C15H20N4O. The fraction of sp³-hybridized carbons (Fsp3) is 0.333. The summed E-state index contributed by atoms with van der Waals surface area (Å²) in [6.07, 6.45) is 2.43. The maximum absolute atomic E-state index is 5.64. The van der Waals surface area contributed by atoms with Crippen LogP contribution in [0.1, 0.15) is 12.5 Å². The van der Waals surface area contributed by atoms with Crippen molar-refractivity contribution in [1.82, 2.24) is 9.97 Å². The summed E-state index contributed by atoms with van der Waals surface area (Å²) in [4.78, 5) is 8.50. The topological polar surface area (TPSA) is 59.1 Å². The van der Waals surface area contributed by atoms with Gasteiger partial charge in [0.25, 0.3) is 0 Å². The minimum Gasteiger partial charge on any atom is -0.492 e. The molecular weight excluding hydrogens is 252 g/mol. The maximum Gasteiger partial charge on any atom is 0.134 e. The standard InChI is InChI=1S/C15H20N4O/c1-3-13-14(16-2)18-11-19-15(13)17-9-10-20-12-7-5-4-6-8-12/h4-8,11H,3,9-10H2,1-2H3,(H2,16,17,18,19). The van der Waals surface area contributed by atoms with E-state index in [9.17, 15) is 0 Å². The van der Waals surface area contributed by atoms with Crippen LogP contribution in [0.15, 0.2) is 36.7 Å². The van der Waals surface area contributed by atoms with Crippen molar-refractivity contribution in [1.29, 1.82) is 0 Å². The summed E-state index contributed by atoms with van der Waals surface area (Å²) in [5, 5.41) is 6.37. The zero-order valence-corrected chi connectivity index (χ0v) is 11.9. The van der Waals surface area contributed by atoms with E-state index >= 15 is 0 Å². The van der Waals surface area contributed by atoms with Crippen LogP contribution in [0.4, 0.5) is 11.6 Å². The van der Waals surface area contributed by atoms with Crippen molar-refractivity contribution in [2.75, 3.05) is 30.8 Å². The Morgan fingerprint density at radius 1 is 1.10 bits per heavy atom. The van der Waals surface area contributed by atoms with Crippen molar-refractivity contribution in [2.45, 2.75) is 13.3 Å². The molecule has 1 heterocycles. The van der Waals surface area contributed by atoms with Gasteiger partial charge in [-0.15, -0.1) is 0 Å². The van der Waals surface area contributed by atoms with Gasteiger partial charge >= 0.3 is 0 Å². The molecule has 5 heteroatoms. The molecule has 0 aliphatic rings. The number of anilines is 2. The van der Waals surface area contributed by atoms with E-state index in [0.717, 1.165) is 29.4 Å². The van der Waals surface area contributed by atoms with E-state index in [0.29, 0.717) is 13.2 Å². The number of ether oxygens (including phenoxy) is 1. The molecule has 0 spiro atoms. The van der Waals surface area contributed by atoms with Gasteiger partial charge in [-0.2, -0.15) is 0 Å². The highest BCUT2D eigenvalue weighted by Crippen LogP contribution is 2.19. The van der Waals surface area contributed by atoms with Crippen molar-refractivity contribution < 1.29 is 4.74 Å². The molecule has 20 heavy (non-hydrogen) atoms. The molecule has 0 saturated heterocycles. The molecule has 2 N–H and O–H groups in total. The van der Waals surface area contributed by atoms with Gasteiger partial charge in [0, 0.05) is 12.6 Å². The molecule has 2 rings (SSSR count). The molecule has 1 aromatic carbocycles. The largest absolute Gasteiger partial charge is 0.492 e. The van der Waals surface area contributed by atoms with E-state index < -0.39 is 0 Å². The van der Waals surface area contributed by atoms with Crippen LogP contribution in [0.5, 0.6) is 5.75 Å². The molecule has 0 atom stereocenters. The van der Waals surface area contributed by atoms with Crippen LogP contribution < -0.4 is 15.4 Å². The lowest BCUT2D eigenvalue weighted by atomic mass is 10.2. The van der Waals surface area contributed by atoms with Crippen molar-refractivity contribution in [3.8, 4) is 5.75 Å². The second kappa shape index (κ2) is 7.33. The Morgan fingerprint density at radius 2 is 1.85 bits per heavy atom. The van der Waals surface area contributed by atoms with E-state index in [1.807, 2.05) is 37.4 Å². The second-order valence-electron chi connectivity index (χ2n) is 4.24. The number of hydrogen-bond donors (Lipinski definition) is 2. The van der Waals surface area contributed by atoms with Crippen molar-refractivity contribution >= 4 is 11.6 Å². The quantitative estimate of drug-likeness (QED) is 0.759. The molecule has 0 fully saturated rings. The maximum atomic E-state index is 5.64. The van der Waals surface area contributed by atoms with Crippen molar-refractivity contribution in [3.05, 3.63) is 42.2 Å². The van der Waals surface area contributed by atoms with Gasteiger partial charge in [-0.3, -0.25) is 0 Å². The van der Waals surface area contributed by atoms with E-state index in [1.165, 1.54) is 0 Å². The van der Waals surface area contributed by atoms with Crippen LogP contribution in [-0.4, -0.2) is 30.2 Å². The summed E-state index contributed by atoms with van der Waals surface area (Å²) >= 11 is 0. The lowest BCUT2D eigenvalue weighted by Crippen LogP contribution is -2.14. The molecule has 5 nitrogen and oxygen atoms in total. The van der Waals surface area contributed by atoms with E-state index in [1.54, 1.807) is 6.33 Å². The third-order valence-electron chi connectivity index (χ3n) is 2.94. The fourth-order valence-electron chi connectivity index (χ4n) is 1.97. The summed E-state index contributed by atoms with van der Waals surface area (Å²) in [6, 6.07) is 9.78. The summed E-state index contributed by atoms with van der Waals surface area (Å²) in [5.74, 6) is 2.61. The Hall–Kier alpha value is -2.30. The highest BCUT2D eigenvalue weighted by molar-refractivity contribution is 5.57. The van der Waals surface area contributed by atoms with Crippen LogP contribution in [0.3, 0.4) is 0 Å². The Bertz CT molecular complexity index is 531. The third-order valence-corrected chi connectivity index (χ3v) is 2.94. The van der Waals surface area contributed by atoms with Crippen LogP contribution in [0.2, 0.25) is 0 Å². The van der Waals surface area contributed by atoms with Gasteiger partial charge in [0.05, 0.1) is 6.54 Å². The highest BCUT2D eigenvalue weighted by atomic mass is 16.5. The first-order valence-corrected chi connectivity index (χ1v) is 6.78. The summed E-state index contributed by atoms with van der Waals surface area (Å²) in [7, 11) is 1.86. The van der Waals surface area contributed by atoms with Crippen molar-refractivity contribution in [2.24, 2.45) is 0 Å². The molecule has 2 aromatic rings. The first-order valence-electron chi connectivity index (χ1n) is 6.78. The smallest absolute Gasteiger partial charge is 0.134 e. The minimum atomic E-state index is 0.589. The van der Waals surface area contributed by atoms with Gasteiger partial charge in [0.2, 0.25) is 0 Å². The van der Waals surface area contributed by atoms with Gasteiger partial charge in [-0.05, 0) is 18.6 Å². The van der Waals surface area contributed by atoms with Gasteiger partial charge in [-0.1, -0.05) is 25.1 Å². The van der Waals surface area contributed by atoms with Crippen LogP contribution in [0, 0.1) is 0 Å². The number of para-hydroxylation sites is 1. The number of rotatable bonds is 7. The third kappa shape index (κ3) is 3.60. The monoisotopic (exact) mass is 272 g/mol. The summed E-state index contributed by atoms with van der Waals surface area (Å²) in [5.41, 5.74) is 1.09. The van der Waals surface area contributed by atoms with E-state index in [4.69, 9.17) is 4.74 Å². The van der Waals surface area contributed by atoms with Crippen molar-refractivity contribution in [3.63, 3.8) is 0 Å². The number of aromatic nitrogens is 2. The minimum absolute atomic E-state index is 0.589. The lowest BCUT2D eigenvalue weighted by molar-refractivity contribution is 0.332. The number of benzene rings is 1. The summed E-state index contributed by atoms with van der Waals surface area (Å²) < 4.78 is 5.64. The first kappa shape index (κ1) is 14.1. The zero-order valence-electron chi connectivity index (χ0n) is 11.9. The van der Waals surface area contributed by atoms with Crippen LogP contribution in [0.25, 0.3) is 0 Å². The second-order valence-corrected chi connectivity index (χ2v) is 4.24. The first-order chi connectivity index (χ1) is 9.85. The van der Waals surface area contributed by atoms with E-state index in [2.05, 4.69) is 27.5 Å². The number of nitrogens with zero attached hydrogens (tertiary/aromatic N) is 2.